The number of aromatic nitrogens is 2. The zero-order valence-electron chi connectivity index (χ0n) is 23.5. The lowest BCUT2D eigenvalue weighted by atomic mass is 10.0. The molecule has 11 nitrogen and oxygen atoms in total. The van der Waals surface area contributed by atoms with Crippen LogP contribution in [-0.2, 0) is 32.0 Å². The Morgan fingerprint density at radius 3 is 1.93 bits per heavy atom. The Morgan fingerprint density at radius 1 is 0.810 bits per heavy atom. The fourth-order valence-corrected chi connectivity index (χ4v) is 5.28. The molecule has 2 aromatic heterocycles. The van der Waals surface area contributed by atoms with Crippen LogP contribution in [0.15, 0.2) is 60.9 Å². The van der Waals surface area contributed by atoms with Gasteiger partial charge in [-0.2, -0.15) is 11.8 Å². The van der Waals surface area contributed by atoms with E-state index in [0.29, 0.717) is 12.2 Å². The van der Waals surface area contributed by atoms with Crippen molar-refractivity contribution in [2.75, 3.05) is 12.0 Å². The van der Waals surface area contributed by atoms with Crippen molar-refractivity contribution in [3.05, 3.63) is 72.1 Å². The summed E-state index contributed by atoms with van der Waals surface area (Å²) in [6, 6.07) is 11.1. The molecular weight excluding hydrogens is 556 g/mol. The summed E-state index contributed by atoms with van der Waals surface area (Å²) in [5.41, 5.74) is 9.66. The van der Waals surface area contributed by atoms with Gasteiger partial charge >= 0.3 is 5.97 Å². The third-order valence-corrected chi connectivity index (χ3v) is 7.80. The van der Waals surface area contributed by atoms with E-state index in [2.05, 4.69) is 25.9 Å². The first-order valence-corrected chi connectivity index (χ1v) is 15.1. The molecule has 4 aromatic rings. The summed E-state index contributed by atoms with van der Waals surface area (Å²) in [5.74, 6) is -2.29. The number of thioether (sulfide) groups is 1. The third-order valence-electron chi connectivity index (χ3n) is 7.16. The molecule has 0 fully saturated rings. The highest BCUT2D eigenvalue weighted by Gasteiger charge is 2.29. The van der Waals surface area contributed by atoms with Crippen LogP contribution in [0, 0.1) is 0 Å². The van der Waals surface area contributed by atoms with Crippen molar-refractivity contribution in [1.29, 1.82) is 0 Å². The number of carbonyl (C=O) groups excluding carboxylic acids is 3. The Labute approximate surface area is 247 Å². The van der Waals surface area contributed by atoms with Crippen molar-refractivity contribution in [2.45, 2.75) is 50.4 Å². The first kappa shape index (κ1) is 30.7. The molecule has 3 amide bonds. The van der Waals surface area contributed by atoms with Crippen LogP contribution >= 0.6 is 11.8 Å². The number of amides is 3. The van der Waals surface area contributed by atoms with Crippen LogP contribution in [0.4, 0.5) is 0 Å². The largest absolute Gasteiger partial charge is 0.480 e. The standard InChI is InChI=1S/C30H36N6O5S/c1-17(27(37)36-26(30(40)41)14-19-16-33-24-10-6-4-8-21(19)24)34-29(39)25(11-12-42-2)35-28(38)22(31)13-18-15-32-23-9-5-3-7-20(18)23/h3-10,15-17,22,25-26,32-33H,11-14,31H2,1-2H3,(H,34,39)(H,35,38)(H,36,37)(H,40,41). The van der Waals surface area contributed by atoms with Gasteiger partial charge in [0, 0.05) is 40.6 Å². The lowest BCUT2D eigenvalue weighted by molar-refractivity contribution is -0.142. The van der Waals surface area contributed by atoms with Crippen molar-refractivity contribution in [3.63, 3.8) is 0 Å². The molecule has 0 radical (unpaired) electrons. The summed E-state index contributed by atoms with van der Waals surface area (Å²) < 4.78 is 0. The third kappa shape index (κ3) is 7.51. The maximum absolute atomic E-state index is 13.2. The maximum Gasteiger partial charge on any atom is 0.326 e. The molecule has 42 heavy (non-hydrogen) atoms. The lowest BCUT2D eigenvalue weighted by Gasteiger charge is -2.23. The summed E-state index contributed by atoms with van der Waals surface area (Å²) in [6.45, 7) is 1.47. The Bertz CT molecular complexity index is 1570. The van der Waals surface area contributed by atoms with Gasteiger partial charge in [-0.25, -0.2) is 4.79 Å². The van der Waals surface area contributed by atoms with Gasteiger partial charge in [0.15, 0.2) is 0 Å². The highest BCUT2D eigenvalue weighted by Crippen LogP contribution is 2.20. The zero-order chi connectivity index (χ0) is 30.2. The number of carboxylic acids is 1. The van der Waals surface area contributed by atoms with Crippen LogP contribution in [0.25, 0.3) is 21.8 Å². The highest BCUT2D eigenvalue weighted by molar-refractivity contribution is 7.98. The van der Waals surface area contributed by atoms with E-state index in [1.54, 1.807) is 6.20 Å². The first-order chi connectivity index (χ1) is 20.2. The number of fused-ring (bicyclic) bond motifs is 2. The number of carbonyl (C=O) groups is 4. The average Bonchev–Trinajstić information content (AvgIpc) is 3.58. The van der Waals surface area contributed by atoms with Crippen molar-refractivity contribution in [2.24, 2.45) is 5.73 Å². The van der Waals surface area contributed by atoms with Gasteiger partial charge in [-0.1, -0.05) is 36.4 Å². The summed E-state index contributed by atoms with van der Waals surface area (Å²) in [7, 11) is 0. The predicted molar refractivity (Wildman–Crippen MR) is 164 cm³/mol. The van der Waals surface area contributed by atoms with Crippen LogP contribution in [0.2, 0.25) is 0 Å². The second kappa shape index (κ2) is 14.1. The molecule has 2 heterocycles. The summed E-state index contributed by atoms with van der Waals surface area (Å²) in [5, 5.41) is 19.5. The second-order valence-corrected chi connectivity index (χ2v) is 11.2. The minimum atomic E-state index is -1.20. The number of hydrogen-bond donors (Lipinski definition) is 7. The van der Waals surface area contributed by atoms with Gasteiger partial charge in [-0.05, 0) is 55.0 Å². The highest BCUT2D eigenvalue weighted by atomic mass is 32.2. The number of rotatable bonds is 14. The van der Waals surface area contributed by atoms with Gasteiger partial charge in [0.05, 0.1) is 6.04 Å². The molecule has 0 aliphatic carbocycles. The number of H-pyrrole nitrogens is 2. The molecule has 0 saturated heterocycles. The molecule has 4 rings (SSSR count). The van der Waals surface area contributed by atoms with E-state index in [9.17, 15) is 24.3 Å². The van der Waals surface area contributed by atoms with Crippen LogP contribution in [0.3, 0.4) is 0 Å². The van der Waals surface area contributed by atoms with Crippen molar-refractivity contribution in [1.82, 2.24) is 25.9 Å². The quantitative estimate of drug-likeness (QED) is 0.117. The topological polar surface area (TPSA) is 182 Å². The Morgan fingerprint density at radius 2 is 1.36 bits per heavy atom. The average molecular weight is 593 g/mol. The van der Waals surface area contributed by atoms with E-state index in [4.69, 9.17) is 5.73 Å². The molecule has 222 valence electrons. The lowest BCUT2D eigenvalue weighted by Crippen LogP contribution is -2.56. The second-order valence-electron chi connectivity index (χ2n) is 10.2. The molecule has 0 aliphatic rings. The van der Waals surface area contributed by atoms with E-state index >= 15 is 0 Å². The Hall–Kier alpha value is -4.29. The molecule has 8 N–H and O–H groups in total. The van der Waals surface area contributed by atoms with Crippen LogP contribution < -0.4 is 21.7 Å². The molecule has 0 spiro atoms. The van der Waals surface area contributed by atoms with Crippen molar-refractivity contribution < 1.29 is 24.3 Å². The number of hydrogen-bond acceptors (Lipinski definition) is 6. The van der Waals surface area contributed by atoms with Crippen molar-refractivity contribution >= 4 is 57.3 Å². The number of para-hydroxylation sites is 2. The fourth-order valence-electron chi connectivity index (χ4n) is 4.81. The monoisotopic (exact) mass is 592 g/mol. The summed E-state index contributed by atoms with van der Waals surface area (Å²) >= 11 is 1.51. The number of carboxylic acid groups (broad SMARTS) is 1. The summed E-state index contributed by atoms with van der Waals surface area (Å²) in [4.78, 5) is 57.3. The molecule has 12 heteroatoms. The van der Waals surface area contributed by atoms with Gasteiger partial charge in [0.1, 0.15) is 18.1 Å². The first-order valence-electron chi connectivity index (χ1n) is 13.7. The Balaban J connectivity index is 1.35. The van der Waals surface area contributed by atoms with E-state index in [1.807, 2.05) is 61.0 Å². The van der Waals surface area contributed by atoms with E-state index < -0.39 is 47.9 Å². The number of aliphatic carboxylic acids is 1. The van der Waals surface area contributed by atoms with Crippen molar-refractivity contribution in [3.8, 4) is 0 Å². The van der Waals surface area contributed by atoms with Crippen LogP contribution in [0.1, 0.15) is 24.5 Å². The molecular formula is C30H36N6O5S. The summed E-state index contributed by atoms with van der Waals surface area (Å²) in [6.07, 6.45) is 6.09. The predicted octanol–water partition coefficient (Wildman–Crippen LogP) is 2.07. The maximum atomic E-state index is 13.2. The molecule has 2 aromatic carbocycles. The van der Waals surface area contributed by atoms with E-state index in [-0.39, 0.29) is 12.8 Å². The van der Waals surface area contributed by atoms with Crippen LogP contribution in [0.5, 0.6) is 0 Å². The normalized spacial score (nSPS) is 14.2. The van der Waals surface area contributed by atoms with Gasteiger partial charge in [0.25, 0.3) is 0 Å². The minimum Gasteiger partial charge on any atom is -0.480 e. The fraction of sp³-hybridized carbons (Fsp3) is 0.333. The molecule has 4 atom stereocenters. The number of nitrogens with two attached hydrogens (primary N) is 1. The van der Waals surface area contributed by atoms with Gasteiger partial charge in [-0.15, -0.1) is 0 Å². The Kier molecular flexibility index (Phi) is 10.3. The SMILES string of the molecule is CSCCC(NC(=O)C(N)Cc1c[nH]c2ccccc12)C(=O)NC(C)C(=O)NC(Cc1c[nH]c2ccccc12)C(=O)O. The van der Waals surface area contributed by atoms with Crippen LogP contribution in [-0.4, -0.2) is 74.9 Å². The molecule has 0 bridgehead atoms. The zero-order valence-corrected chi connectivity index (χ0v) is 24.3. The number of nitrogens with one attached hydrogen (secondary N) is 5. The molecule has 0 saturated carbocycles. The number of benzene rings is 2. The smallest absolute Gasteiger partial charge is 0.326 e. The van der Waals surface area contributed by atoms with E-state index in [0.717, 1.165) is 32.9 Å². The van der Waals surface area contributed by atoms with Gasteiger partial charge in [-0.3, -0.25) is 14.4 Å². The van der Waals surface area contributed by atoms with E-state index in [1.165, 1.54) is 18.7 Å². The molecule has 4 unspecified atom stereocenters. The van der Waals surface area contributed by atoms with Gasteiger partial charge < -0.3 is 36.8 Å². The number of aromatic amines is 2. The van der Waals surface area contributed by atoms with Gasteiger partial charge in [0.2, 0.25) is 17.7 Å². The molecule has 0 aliphatic heterocycles. The minimum absolute atomic E-state index is 0.0620.